The normalized spacial score (nSPS) is 20.1. The highest BCUT2D eigenvalue weighted by atomic mass is 19.1. The molecule has 6 heteroatoms. The number of aryl methyl sites for hydroxylation is 1. The van der Waals surface area contributed by atoms with E-state index in [-0.39, 0.29) is 17.5 Å². The van der Waals surface area contributed by atoms with E-state index in [1.54, 1.807) is 25.1 Å². The number of nitrogens with one attached hydrogen (secondary N) is 1. The summed E-state index contributed by atoms with van der Waals surface area (Å²) >= 11 is 0. The van der Waals surface area contributed by atoms with Crippen LogP contribution in [0.15, 0.2) is 36.4 Å². The summed E-state index contributed by atoms with van der Waals surface area (Å²) in [6, 6.07) is 9.80. The molecule has 0 spiro atoms. The molecule has 1 fully saturated rings. The zero-order valence-corrected chi connectivity index (χ0v) is 11.4. The van der Waals surface area contributed by atoms with Gasteiger partial charge in [-0.2, -0.15) is 0 Å². The highest BCUT2D eigenvalue weighted by Gasteiger charge is 2.38. The molecule has 0 amide bonds. The average molecular weight is 287 g/mol. The van der Waals surface area contributed by atoms with Gasteiger partial charge in [0.1, 0.15) is 17.3 Å². The number of nitro groups is 1. The molecule has 2 atom stereocenters. The molecular formula is C15H14FN3O2. The van der Waals surface area contributed by atoms with Gasteiger partial charge in [-0.25, -0.2) is 9.37 Å². The predicted octanol–water partition coefficient (Wildman–Crippen LogP) is 3.41. The minimum absolute atomic E-state index is 0.0198. The maximum Gasteiger partial charge on any atom is 0.290 e. The number of anilines is 1. The van der Waals surface area contributed by atoms with Crippen LogP contribution in [-0.4, -0.2) is 15.9 Å². The molecule has 0 radical (unpaired) electrons. The van der Waals surface area contributed by atoms with E-state index in [1.165, 1.54) is 18.2 Å². The van der Waals surface area contributed by atoms with Crippen molar-refractivity contribution in [2.75, 3.05) is 5.32 Å². The Morgan fingerprint density at radius 2 is 2.00 bits per heavy atom. The number of rotatable bonds is 4. The molecule has 0 saturated heterocycles. The maximum atomic E-state index is 12.9. The van der Waals surface area contributed by atoms with E-state index in [1.807, 2.05) is 0 Å². The Morgan fingerprint density at radius 3 is 2.62 bits per heavy atom. The first-order chi connectivity index (χ1) is 10.0. The van der Waals surface area contributed by atoms with Gasteiger partial charge in [0, 0.05) is 18.0 Å². The zero-order chi connectivity index (χ0) is 15.0. The summed E-state index contributed by atoms with van der Waals surface area (Å²) in [4.78, 5) is 14.5. The summed E-state index contributed by atoms with van der Waals surface area (Å²) in [5.74, 6) is 0.729. The minimum atomic E-state index is -0.440. The van der Waals surface area contributed by atoms with Gasteiger partial charge < -0.3 is 5.32 Å². The van der Waals surface area contributed by atoms with Gasteiger partial charge in [0.25, 0.3) is 5.69 Å². The molecule has 21 heavy (non-hydrogen) atoms. The Labute approximate surface area is 121 Å². The highest BCUT2D eigenvalue weighted by molar-refractivity contribution is 5.47. The van der Waals surface area contributed by atoms with Crippen LogP contribution < -0.4 is 5.32 Å². The van der Waals surface area contributed by atoms with Crippen molar-refractivity contribution in [3.63, 3.8) is 0 Å². The van der Waals surface area contributed by atoms with E-state index in [9.17, 15) is 14.5 Å². The molecule has 0 bridgehead atoms. The lowest BCUT2D eigenvalue weighted by Gasteiger charge is -2.06. The van der Waals surface area contributed by atoms with Crippen molar-refractivity contribution >= 4 is 11.5 Å². The summed E-state index contributed by atoms with van der Waals surface area (Å²) in [5, 5.41) is 14.0. The smallest absolute Gasteiger partial charge is 0.290 e. The molecule has 1 aliphatic carbocycles. The summed E-state index contributed by atoms with van der Waals surface area (Å²) in [5.41, 5.74) is 1.50. The Morgan fingerprint density at radius 1 is 1.29 bits per heavy atom. The molecule has 3 rings (SSSR count). The number of aromatic nitrogens is 1. The molecule has 1 aliphatic rings. The summed E-state index contributed by atoms with van der Waals surface area (Å²) in [7, 11) is 0. The Balaban J connectivity index is 1.67. The lowest BCUT2D eigenvalue weighted by molar-refractivity contribution is -0.385. The number of hydrogen-bond acceptors (Lipinski definition) is 4. The van der Waals surface area contributed by atoms with Crippen LogP contribution in [0.2, 0.25) is 0 Å². The van der Waals surface area contributed by atoms with Gasteiger partial charge in [-0.05, 0) is 37.1 Å². The highest BCUT2D eigenvalue weighted by Crippen LogP contribution is 2.42. The van der Waals surface area contributed by atoms with Crippen molar-refractivity contribution in [2.45, 2.75) is 25.3 Å². The Hall–Kier alpha value is -2.50. The van der Waals surface area contributed by atoms with Crippen LogP contribution in [0.4, 0.5) is 15.9 Å². The molecule has 1 saturated carbocycles. The van der Waals surface area contributed by atoms with E-state index < -0.39 is 4.92 Å². The van der Waals surface area contributed by atoms with Crippen LogP contribution in [-0.2, 0) is 0 Å². The minimum Gasteiger partial charge on any atom is -0.367 e. The fourth-order valence-electron chi connectivity index (χ4n) is 2.45. The van der Waals surface area contributed by atoms with Crippen molar-refractivity contribution in [2.24, 2.45) is 0 Å². The number of pyridine rings is 1. The molecule has 0 unspecified atom stereocenters. The maximum absolute atomic E-state index is 12.9. The van der Waals surface area contributed by atoms with Gasteiger partial charge >= 0.3 is 0 Å². The predicted molar refractivity (Wildman–Crippen MR) is 76.8 cm³/mol. The second-order valence-corrected chi connectivity index (χ2v) is 5.20. The van der Waals surface area contributed by atoms with Gasteiger partial charge in [-0.3, -0.25) is 10.1 Å². The molecule has 1 aromatic heterocycles. The van der Waals surface area contributed by atoms with E-state index in [4.69, 9.17) is 0 Å². The Bertz CT molecular complexity index is 688. The van der Waals surface area contributed by atoms with Gasteiger partial charge in [0.05, 0.1) is 4.92 Å². The summed E-state index contributed by atoms with van der Waals surface area (Å²) < 4.78 is 12.9. The third kappa shape index (κ3) is 2.84. The van der Waals surface area contributed by atoms with Crippen molar-refractivity contribution in [3.05, 3.63) is 63.6 Å². The van der Waals surface area contributed by atoms with Crippen molar-refractivity contribution < 1.29 is 9.31 Å². The molecule has 1 aromatic carbocycles. The molecule has 1 heterocycles. The first-order valence-corrected chi connectivity index (χ1v) is 6.68. The largest absolute Gasteiger partial charge is 0.367 e. The van der Waals surface area contributed by atoms with E-state index in [0.717, 1.165) is 12.0 Å². The topological polar surface area (TPSA) is 68.1 Å². The van der Waals surface area contributed by atoms with Crippen LogP contribution in [0.25, 0.3) is 0 Å². The standard InChI is InChI=1S/C15H14FN3O2/c1-9-14(19(20)21)6-7-15(17-9)18-13-8-12(13)10-2-4-11(16)5-3-10/h2-7,12-13H,8H2,1H3,(H,17,18)/t12-,13+/m0/s1. The van der Waals surface area contributed by atoms with Crippen molar-refractivity contribution in [1.29, 1.82) is 0 Å². The fraction of sp³-hybridized carbons (Fsp3) is 0.267. The molecular weight excluding hydrogens is 273 g/mol. The van der Waals surface area contributed by atoms with E-state index in [0.29, 0.717) is 17.4 Å². The average Bonchev–Trinajstić information content (AvgIpc) is 3.18. The molecule has 0 aliphatic heterocycles. The molecule has 5 nitrogen and oxygen atoms in total. The molecule has 2 aromatic rings. The molecule has 108 valence electrons. The SMILES string of the molecule is Cc1nc(N[C@@H]2C[C@H]2c2ccc(F)cc2)ccc1[N+](=O)[O-]. The number of hydrogen-bond donors (Lipinski definition) is 1. The van der Waals surface area contributed by atoms with Crippen LogP contribution in [0.3, 0.4) is 0 Å². The first-order valence-electron chi connectivity index (χ1n) is 6.68. The number of halogens is 1. The third-order valence-electron chi connectivity index (χ3n) is 3.68. The lowest BCUT2D eigenvalue weighted by atomic mass is 10.1. The Kier molecular flexibility index (Phi) is 3.29. The summed E-state index contributed by atoms with van der Waals surface area (Å²) in [6.07, 6.45) is 0.948. The number of nitrogens with zero attached hydrogens (tertiary/aromatic N) is 2. The zero-order valence-electron chi connectivity index (χ0n) is 11.4. The van der Waals surface area contributed by atoms with Crippen LogP contribution >= 0.6 is 0 Å². The quantitative estimate of drug-likeness (QED) is 0.691. The van der Waals surface area contributed by atoms with E-state index >= 15 is 0 Å². The van der Waals surface area contributed by atoms with Gasteiger partial charge in [-0.1, -0.05) is 12.1 Å². The fourth-order valence-corrected chi connectivity index (χ4v) is 2.45. The second-order valence-electron chi connectivity index (χ2n) is 5.20. The van der Waals surface area contributed by atoms with Gasteiger partial charge in [-0.15, -0.1) is 0 Å². The first kappa shape index (κ1) is 13.5. The number of benzene rings is 1. The second kappa shape index (κ2) is 5.12. The lowest BCUT2D eigenvalue weighted by Crippen LogP contribution is -2.07. The van der Waals surface area contributed by atoms with Crippen LogP contribution in [0.1, 0.15) is 23.6 Å². The third-order valence-corrected chi connectivity index (χ3v) is 3.68. The summed E-state index contributed by atoms with van der Waals surface area (Å²) in [6.45, 7) is 1.62. The van der Waals surface area contributed by atoms with E-state index in [2.05, 4.69) is 10.3 Å². The monoisotopic (exact) mass is 287 g/mol. The molecule has 1 N–H and O–H groups in total. The van der Waals surface area contributed by atoms with Gasteiger partial charge in [0.2, 0.25) is 0 Å². The van der Waals surface area contributed by atoms with Crippen molar-refractivity contribution in [3.8, 4) is 0 Å². The van der Waals surface area contributed by atoms with Crippen LogP contribution in [0.5, 0.6) is 0 Å². The van der Waals surface area contributed by atoms with Crippen molar-refractivity contribution in [1.82, 2.24) is 4.98 Å². The van der Waals surface area contributed by atoms with Gasteiger partial charge in [0.15, 0.2) is 0 Å². The van der Waals surface area contributed by atoms with Crippen LogP contribution in [0, 0.1) is 22.9 Å².